The molecule has 13 heavy (non-hydrogen) atoms. The molecule has 0 unspecified atom stereocenters. The van der Waals surface area contributed by atoms with Gasteiger partial charge in [0, 0.05) is 24.3 Å². The average molecular weight is 177 g/mol. The maximum absolute atomic E-state index is 5.88. The van der Waals surface area contributed by atoms with Crippen molar-refractivity contribution in [3.8, 4) is 0 Å². The normalized spacial score (nSPS) is 19.8. The van der Waals surface area contributed by atoms with Gasteiger partial charge in [0.25, 0.3) is 0 Å². The molecule has 4 heteroatoms. The summed E-state index contributed by atoms with van der Waals surface area (Å²) in [6.07, 6.45) is 2.81. The van der Waals surface area contributed by atoms with Gasteiger partial charge in [-0.25, -0.2) is 9.97 Å². The molecule has 1 aliphatic heterocycles. The Morgan fingerprint density at radius 3 is 2.85 bits per heavy atom. The number of rotatable bonds is 1. The lowest BCUT2D eigenvalue weighted by Crippen LogP contribution is -2.66. The summed E-state index contributed by atoms with van der Waals surface area (Å²) in [4.78, 5) is 10.4. The van der Waals surface area contributed by atoms with Crippen LogP contribution in [-0.2, 0) is 0 Å². The number of aromatic nitrogens is 2. The second-order valence-electron chi connectivity index (χ2n) is 3.95. The quantitative estimate of drug-likeness (QED) is 0.662. The molecule has 1 aliphatic rings. The van der Waals surface area contributed by atoms with Crippen LogP contribution in [0.3, 0.4) is 0 Å². The molecule has 0 spiro atoms. The fourth-order valence-corrected chi connectivity index (χ4v) is 1.51. The SMILES string of the molecule is Cc1c[c]nc(N2CC(C)(N)C2)n1. The van der Waals surface area contributed by atoms with Crippen molar-refractivity contribution < 1.29 is 0 Å². The molecular weight excluding hydrogens is 164 g/mol. The van der Waals surface area contributed by atoms with E-state index in [0.29, 0.717) is 0 Å². The van der Waals surface area contributed by atoms with Crippen LogP contribution < -0.4 is 10.6 Å². The van der Waals surface area contributed by atoms with E-state index in [4.69, 9.17) is 5.73 Å². The van der Waals surface area contributed by atoms with Gasteiger partial charge in [-0.1, -0.05) is 0 Å². The Morgan fingerprint density at radius 1 is 1.62 bits per heavy atom. The summed E-state index contributed by atoms with van der Waals surface area (Å²) in [5.41, 5.74) is 6.74. The molecule has 0 aliphatic carbocycles. The van der Waals surface area contributed by atoms with Crippen molar-refractivity contribution in [2.75, 3.05) is 18.0 Å². The van der Waals surface area contributed by atoms with Crippen molar-refractivity contribution >= 4 is 5.95 Å². The fraction of sp³-hybridized carbons (Fsp3) is 0.556. The van der Waals surface area contributed by atoms with Crippen molar-refractivity contribution in [3.05, 3.63) is 18.0 Å². The summed E-state index contributed by atoms with van der Waals surface area (Å²) in [5, 5.41) is 0. The molecular formula is C9H13N4. The highest BCUT2D eigenvalue weighted by atomic mass is 15.3. The molecule has 0 bridgehead atoms. The van der Waals surface area contributed by atoms with Gasteiger partial charge in [-0.15, -0.1) is 0 Å². The summed E-state index contributed by atoms with van der Waals surface area (Å²) in [7, 11) is 0. The van der Waals surface area contributed by atoms with Crippen LogP contribution in [0.1, 0.15) is 12.6 Å². The zero-order chi connectivity index (χ0) is 9.47. The molecule has 1 aromatic heterocycles. The van der Waals surface area contributed by atoms with Crippen molar-refractivity contribution in [3.63, 3.8) is 0 Å². The van der Waals surface area contributed by atoms with Gasteiger partial charge in [0.05, 0.1) is 6.20 Å². The van der Waals surface area contributed by atoms with Gasteiger partial charge < -0.3 is 10.6 Å². The molecule has 2 rings (SSSR count). The minimum Gasteiger partial charge on any atom is -0.337 e. The Kier molecular flexibility index (Phi) is 1.73. The summed E-state index contributed by atoms with van der Waals surface area (Å²) in [5.74, 6) is 0.739. The number of hydrogen-bond donors (Lipinski definition) is 1. The van der Waals surface area contributed by atoms with E-state index < -0.39 is 0 Å². The van der Waals surface area contributed by atoms with Crippen LogP contribution in [0.5, 0.6) is 0 Å². The molecule has 2 N–H and O–H groups in total. The van der Waals surface area contributed by atoms with Crippen molar-refractivity contribution in [2.45, 2.75) is 19.4 Å². The lowest BCUT2D eigenvalue weighted by atomic mass is 9.94. The number of hydrogen-bond acceptors (Lipinski definition) is 4. The largest absolute Gasteiger partial charge is 0.337 e. The van der Waals surface area contributed by atoms with E-state index in [0.717, 1.165) is 24.7 Å². The van der Waals surface area contributed by atoms with Crippen LogP contribution in [-0.4, -0.2) is 28.6 Å². The highest BCUT2D eigenvalue weighted by Gasteiger charge is 2.36. The van der Waals surface area contributed by atoms with Gasteiger partial charge >= 0.3 is 0 Å². The highest BCUT2D eigenvalue weighted by Crippen LogP contribution is 2.21. The van der Waals surface area contributed by atoms with Crippen LogP contribution in [0.2, 0.25) is 0 Å². The third kappa shape index (κ3) is 1.62. The third-order valence-electron chi connectivity index (χ3n) is 2.10. The van der Waals surface area contributed by atoms with E-state index in [1.54, 1.807) is 6.07 Å². The molecule has 1 radical (unpaired) electrons. The summed E-state index contributed by atoms with van der Waals surface area (Å²) < 4.78 is 0. The second kappa shape index (κ2) is 2.67. The fourth-order valence-electron chi connectivity index (χ4n) is 1.51. The van der Waals surface area contributed by atoms with Gasteiger partial charge in [0.1, 0.15) is 0 Å². The number of nitrogens with zero attached hydrogens (tertiary/aromatic N) is 3. The first kappa shape index (κ1) is 8.44. The van der Waals surface area contributed by atoms with Crippen LogP contribution >= 0.6 is 0 Å². The molecule has 4 nitrogen and oxygen atoms in total. The predicted molar refractivity (Wildman–Crippen MR) is 50.4 cm³/mol. The van der Waals surface area contributed by atoms with Crippen molar-refractivity contribution in [1.29, 1.82) is 0 Å². The number of nitrogens with two attached hydrogens (primary N) is 1. The average Bonchev–Trinajstić information content (AvgIpc) is 2.00. The molecule has 1 aromatic rings. The first-order chi connectivity index (χ1) is 6.07. The van der Waals surface area contributed by atoms with Gasteiger partial charge in [-0.3, -0.25) is 0 Å². The van der Waals surface area contributed by atoms with E-state index >= 15 is 0 Å². The Balaban J connectivity index is 2.11. The Labute approximate surface area is 77.8 Å². The number of anilines is 1. The van der Waals surface area contributed by atoms with E-state index in [1.165, 1.54) is 0 Å². The minimum atomic E-state index is -0.0763. The van der Waals surface area contributed by atoms with Crippen LogP contribution in [0.25, 0.3) is 0 Å². The third-order valence-corrected chi connectivity index (χ3v) is 2.10. The summed E-state index contributed by atoms with van der Waals surface area (Å²) >= 11 is 0. The smallest absolute Gasteiger partial charge is 0.226 e. The number of aryl methyl sites for hydroxylation is 1. The Hall–Kier alpha value is -1.16. The first-order valence-electron chi connectivity index (χ1n) is 4.32. The first-order valence-corrected chi connectivity index (χ1v) is 4.32. The lowest BCUT2D eigenvalue weighted by molar-refractivity contribution is 0.359. The summed E-state index contributed by atoms with van der Waals surface area (Å²) in [6.45, 7) is 5.61. The second-order valence-corrected chi connectivity index (χ2v) is 3.95. The van der Waals surface area contributed by atoms with Crippen molar-refractivity contribution in [2.24, 2.45) is 5.73 Å². The molecule has 0 amide bonds. The molecule has 1 saturated heterocycles. The Morgan fingerprint density at radius 2 is 2.31 bits per heavy atom. The zero-order valence-corrected chi connectivity index (χ0v) is 7.91. The van der Waals surface area contributed by atoms with E-state index in [-0.39, 0.29) is 5.54 Å². The van der Waals surface area contributed by atoms with Gasteiger partial charge in [-0.05, 0) is 19.9 Å². The molecule has 1 fully saturated rings. The van der Waals surface area contributed by atoms with E-state index in [9.17, 15) is 0 Å². The standard InChI is InChI=1S/C9H13N4/c1-7-3-4-11-8(12-7)13-5-9(2,10)6-13/h3H,5-6,10H2,1-2H3. The lowest BCUT2D eigenvalue weighted by Gasteiger charge is -2.45. The summed E-state index contributed by atoms with van der Waals surface area (Å²) in [6, 6.07) is 1.77. The van der Waals surface area contributed by atoms with Crippen LogP contribution in [0.15, 0.2) is 6.07 Å². The van der Waals surface area contributed by atoms with E-state index in [1.807, 2.05) is 13.8 Å². The molecule has 0 saturated carbocycles. The van der Waals surface area contributed by atoms with Crippen LogP contribution in [0, 0.1) is 13.1 Å². The minimum absolute atomic E-state index is 0.0763. The zero-order valence-electron chi connectivity index (χ0n) is 7.91. The molecule has 2 heterocycles. The monoisotopic (exact) mass is 177 g/mol. The highest BCUT2D eigenvalue weighted by molar-refractivity contribution is 5.37. The van der Waals surface area contributed by atoms with Crippen LogP contribution in [0.4, 0.5) is 5.95 Å². The topological polar surface area (TPSA) is 55.0 Å². The van der Waals surface area contributed by atoms with E-state index in [2.05, 4.69) is 21.1 Å². The van der Waals surface area contributed by atoms with Gasteiger partial charge in [0.2, 0.25) is 5.95 Å². The maximum atomic E-state index is 5.88. The van der Waals surface area contributed by atoms with Gasteiger partial charge in [-0.2, -0.15) is 0 Å². The van der Waals surface area contributed by atoms with Gasteiger partial charge in [0.15, 0.2) is 0 Å². The molecule has 0 aromatic carbocycles. The molecule has 0 atom stereocenters. The Bertz CT molecular complexity index is 313. The molecule has 69 valence electrons. The predicted octanol–water partition coefficient (Wildman–Crippen LogP) is 0.123. The van der Waals surface area contributed by atoms with Crippen molar-refractivity contribution in [1.82, 2.24) is 9.97 Å². The maximum Gasteiger partial charge on any atom is 0.226 e.